The van der Waals surface area contributed by atoms with Crippen LogP contribution in [-0.2, 0) is 4.74 Å². The number of ether oxygens (including phenoxy) is 2. The molecule has 0 aliphatic heterocycles. The molecule has 0 saturated heterocycles. The van der Waals surface area contributed by atoms with Gasteiger partial charge in [0.1, 0.15) is 11.5 Å². The fraction of sp³-hybridized carbons (Fsp3) is 0.455. The van der Waals surface area contributed by atoms with Gasteiger partial charge in [-0.15, -0.1) is 0 Å². The van der Waals surface area contributed by atoms with E-state index < -0.39 is 0 Å². The molecule has 1 fully saturated rings. The van der Waals surface area contributed by atoms with Crippen molar-refractivity contribution in [3.63, 3.8) is 0 Å². The summed E-state index contributed by atoms with van der Waals surface area (Å²) in [6.45, 7) is 3.14. The smallest absolute Gasteiger partial charge is 0.127 e. The van der Waals surface area contributed by atoms with Crippen molar-refractivity contribution in [3.05, 3.63) is 60.2 Å². The van der Waals surface area contributed by atoms with Gasteiger partial charge in [0.2, 0.25) is 0 Å². The summed E-state index contributed by atoms with van der Waals surface area (Å²) in [6, 6.07) is 19.5. The van der Waals surface area contributed by atoms with Crippen molar-refractivity contribution in [2.24, 2.45) is 5.92 Å². The number of nitrogens with one attached hydrogen (secondary N) is 1. The van der Waals surface area contributed by atoms with Gasteiger partial charge in [0, 0.05) is 25.8 Å². The standard InChI is InChI=1S/C22H29NO2/c1-3-7-22(23-19-14-17(15-19)16-24-2)18-10-12-21(13-11-18)25-20-8-5-4-6-9-20/h4-6,8-13,17,19,22-23H,3,7,14-16H2,1-2H3. The van der Waals surface area contributed by atoms with Gasteiger partial charge in [0.15, 0.2) is 0 Å². The zero-order valence-corrected chi connectivity index (χ0v) is 15.3. The Balaban J connectivity index is 1.58. The maximum atomic E-state index is 5.89. The summed E-state index contributed by atoms with van der Waals surface area (Å²) >= 11 is 0. The normalized spacial score (nSPS) is 20.7. The lowest BCUT2D eigenvalue weighted by Crippen LogP contribution is -2.44. The minimum absolute atomic E-state index is 0.421. The number of hydrogen-bond donors (Lipinski definition) is 1. The third-order valence-corrected chi connectivity index (χ3v) is 4.91. The summed E-state index contributed by atoms with van der Waals surface area (Å²) in [4.78, 5) is 0. The second-order valence-electron chi connectivity index (χ2n) is 6.98. The molecule has 1 N–H and O–H groups in total. The van der Waals surface area contributed by atoms with E-state index in [9.17, 15) is 0 Å². The highest BCUT2D eigenvalue weighted by atomic mass is 16.5. The quantitative estimate of drug-likeness (QED) is 0.669. The summed E-state index contributed by atoms with van der Waals surface area (Å²) in [5.41, 5.74) is 1.34. The minimum atomic E-state index is 0.421. The molecule has 0 spiro atoms. The predicted molar refractivity (Wildman–Crippen MR) is 102 cm³/mol. The van der Waals surface area contributed by atoms with Crippen LogP contribution >= 0.6 is 0 Å². The molecule has 0 heterocycles. The molecule has 1 atom stereocenters. The molecule has 2 aromatic rings. The van der Waals surface area contributed by atoms with Crippen LogP contribution in [0.25, 0.3) is 0 Å². The van der Waals surface area contributed by atoms with E-state index in [2.05, 4.69) is 36.5 Å². The lowest BCUT2D eigenvalue weighted by Gasteiger charge is -2.38. The van der Waals surface area contributed by atoms with Gasteiger partial charge < -0.3 is 14.8 Å². The number of hydrogen-bond acceptors (Lipinski definition) is 3. The van der Waals surface area contributed by atoms with Crippen molar-refractivity contribution >= 4 is 0 Å². The molecule has 1 aliphatic rings. The average molecular weight is 339 g/mol. The van der Waals surface area contributed by atoms with Crippen LogP contribution in [0, 0.1) is 5.92 Å². The molecule has 0 amide bonds. The Morgan fingerprint density at radius 3 is 2.32 bits per heavy atom. The lowest BCUT2D eigenvalue weighted by molar-refractivity contribution is 0.0838. The Morgan fingerprint density at radius 1 is 1.00 bits per heavy atom. The fourth-order valence-corrected chi connectivity index (χ4v) is 3.56. The molecule has 3 rings (SSSR count). The van der Waals surface area contributed by atoms with Crippen molar-refractivity contribution in [2.45, 2.75) is 44.7 Å². The molecule has 2 aromatic carbocycles. The highest BCUT2D eigenvalue weighted by Gasteiger charge is 2.30. The molecule has 3 heteroatoms. The lowest BCUT2D eigenvalue weighted by atomic mass is 9.80. The van der Waals surface area contributed by atoms with E-state index in [4.69, 9.17) is 9.47 Å². The van der Waals surface area contributed by atoms with Crippen LogP contribution in [0.1, 0.15) is 44.2 Å². The largest absolute Gasteiger partial charge is 0.457 e. The molecule has 1 unspecified atom stereocenters. The molecular formula is C22H29NO2. The third-order valence-electron chi connectivity index (χ3n) is 4.91. The third kappa shape index (κ3) is 5.07. The van der Waals surface area contributed by atoms with Crippen molar-refractivity contribution in [1.29, 1.82) is 0 Å². The van der Waals surface area contributed by atoms with E-state index in [-0.39, 0.29) is 0 Å². The number of para-hydroxylation sites is 1. The fourth-order valence-electron chi connectivity index (χ4n) is 3.56. The average Bonchev–Trinajstić information content (AvgIpc) is 2.61. The van der Waals surface area contributed by atoms with Crippen LogP contribution in [0.15, 0.2) is 54.6 Å². The summed E-state index contributed by atoms with van der Waals surface area (Å²) in [6.07, 6.45) is 4.78. The number of methoxy groups -OCH3 is 1. The van der Waals surface area contributed by atoms with Crippen LogP contribution in [0.4, 0.5) is 0 Å². The van der Waals surface area contributed by atoms with Crippen molar-refractivity contribution < 1.29 is 9.47 Å². The highest BCUT2D eigenvalue weighted by molar-refractivity contribution is 5.34. The zero-order valence-electron chi connectivity index (χ0n) is 15.3. The molecule has 1 aliphatic carbocycles. The van der Waals surface area contributed by atoms with Crippen LogP contribution < -0.4 is 10.1 Å². The molecule has 0 bridgehead atoms. The van der Waals surface area contributed by atoms with Gasteiger partial charge in [0.25, 0.3) is 0 Å². The van der Waals surface area contributed by atoms with Gasteiger partial charge in [-0.25, -0.2) is 0 Å². The highest BCUT2D eigenvalue weighted by Crippen LogP contribution is 2.31. The SMILES string of the molecule is CCCC(NC1CC(COC)C1)c1ccc(Oc2ccccc2)cc1. The Morgan fingerprint density at radius 2 is 1.68 bits per heavy atom. The topological polar surface area (TPSA) is 30.5 Å². The van der Waals surface area contributed by atoms with E-state index in [1.165, 1.54) is 24.8 Å². The molecule has 0 aromatic heterocycles. The maximum absolute atomic E-state index is 5.89. The first-order chi connectivity index (χ1) is 12.3. The van der Waals surface area contributed by atoms with Gasteiger partial charge >= 0.3 is 0 Å². The van der Waals surface area contributed by atoms with E-state index in [0.29, 0.717) is 12.1 Å². The Hall–Kier alpha value is -1.84. The van der Waals surface area contributed by atoms with Crippen LogP contribution in [0.5, 0.6) is 11.5 Å². The van der Waals surface area contributed by atoms with Gasteiger partial charge in [-0.2, -0.15) is 0 Å². The Kier molecular flexibility index (Phi) is 6.48. The first-order valence-corrected chi connectivity index (χ1v) is 9.36. The molecule has 3 nitrogen and oxygen atoms in total. The summed E-state index contributed by atoms with van der Waals surface area (Å²) < 4.78 is 11.1. The second kappa shape index (κ2) is 9.02. The van der Waals surface area contributed by atoms with E-state index >= 15 is 0 Å². The van der Waals surface area contributed by atoms with Crippen molar-refractivity contribution in [1.82, 2.24) is 5.32 Å². The first kappa shape index (κ1) is 18.0. The van der Waals surface area contributed by atoms with Crippen LogP contribution in [0.2, 0.25) is 0 Å². The molecule has 134 valence electrons. The van der Waals surface area contributed by atoms with Crippen LogP contribution in [-0.4, -0.2) is 19.8 Å². The van der Waals surface area contributed by atoms with Gasteiger partial charge in [-0.3, -0.25) is 0 Å². The predicted octanol–water partition coefficient (Wildman–Crippen LogP) is 5.33. The summed E-state index contributed by atoms with van der Waals surface area (Å²) in [7, 11) is 1.79. The molecular weight excluding hydrogens is 310 g/mol. The van der Waals surface area contributed by atoms with E-state index in [1.54, 1.807) is 7.11 Å². The van der Waals surface area contributed by atoms with Gasteiger partial charge in [-0.05, 0) is 55.0 Å². The first-order valence-electron chi connectivity index (χ1n) is 9.36. The van der Waals surface area contributed by atoms with Crippen molar-refractivity contribution in [3.8, 4) is 11.5 Å². The summed E-state index contributed by atoms with van der Waals surface area (Å²) in [5, 5.41) is 3.83. The molecule has 0 radical (unpaired) electrons. The van der Waals surface area contributed by atoms with Gasteiger partial charge in [-0.1, -0.05) is 43.7 Å². The molecule has 1 saturated carbocycles. The van der Waals surface area contributed by atoms with E-state index in [0.717, 1.165) is 30.4 Å². The number of rotatable bonds is 9. The Bertz CT molecular complexity index is 620. The van der Waals surface area contributed by atoms with Gasteiger partial charge in [0.05, 0.1) is 0 Å². The maximum Gasteiger partial charge on any atom is 0.127 e. The number of benzene rings is 2. The minimum Gasteiger partial charge on any atom is -0.457 e. The van der Waals surface area contributed by atoms with Crippen molar-refractivity contribution in [2.75, 3.05) is 13.7 Å². The monoisotopic (exact) mass is 339 g/mol. The Labute approximate surface area is 151 Å². The summed E-state index contributed by atoms with van der Waals surface area (Å²) in [5.74, 6) is 2.48. The van der Waals surface area contributed by atoms with Crippen LogP contribution in [0.3, 0.4) is 0 Å². The zero-order chi connectivity index (χ0) is 17.5. The second-order valence-corrected chi connectivity index (χ2v) is 6.98. The van der Waals surface area contributed by atoms with E-state index in [1.807, 2.05) is 30.3 Å². The molecule has 25 heavy (non-hydrogen) atoms.